The van der Waals surface area contributed by atoms with Crippen molar-refractivity contribution in [2.24, 2.45) is 0 Å². The Hall–Kier alpha value is -7.31. The van der Waals surface area contributed by atoms with Crippen molar-refractivity contribution in [1.29, 1.82) is 0 Å². The van der Waals surface area contributed by atoms with Gasteiger partial charge in [0.25, 0.3) is 0 Å². The van der Waals surface area contributed by atoms with Crippen LogP contribution in [-0.4, -0.2) is 58.8 Å². The first-order valence-electron chi connectivity index (χ1n) is 19.8. The van der Waals surface area contributed by atoms with E-state index >= 15 is 0 Å². The van der Waals surface area contributed by atoms with Crippen molar-refractivity contribution in [1.82, 2.24) is 19.5 Å². The Morgan fingerprint density at radius 3 is 1.57 bits per heavy atom. The van der Waals surface area contributed by atoms with E-state index in [1.54, 1.807) is 0 Å². The summed E-state index contributed by atoms with van der Waals surface area (Å²) in [6, 6.07) is 55.7. The molecule has 272 valence electrons. The van der Waals surface area contributed by atoms with Gasteiger partial charge in [-0.3, -0.25) is 0 Å². The molecule has 3 aromatic heterocycles. The molecule has 0 bridgehead atoms. The molecule has 0 amide bonds. The molecule has 0 N–H and O–H groups in total. The summed E-state index contributed by atoms with van der Waals surface area (Å²) < 4.78 is 8.89. The second-order valence-corrected chi connectivity index (χ2v) is 15.1. The molecule has 10 heteroatoms. The molecule has 0 unspecified atom stereocenters. The fraction of sp³-hybridized carbons (Fsp3) is 0. The van der Waals surface area contributed by atoms with Crippen molar-refractivity contribution in [3.8, 4) is 62.1 Å². The van der Waals surface area contributed by atoms with Crippen molar-refractivity contribution < 1.29 is 4.42 Å². The van der Waals surface area contributed by atoms with Crippen LogP contribution in [0.25, 0.3) is 106 Å². The minimum absolute atomic E-state index is 0.171. The van der Waals surface area contributed by atoms with Crippen LogP contribution in [0.3, 0.4) is 0 Å². The van der Waals surface area contributed by atoms with E-state index in [0.717, 1.165) is 60.9 Å². The molecular formula is C51H27B5N4O. The summed E-state index contributed by atoms with van der Waals surface area (Å²) in [6.07, 6.45) is 0. The average Bonchev–Trinajstić information content (AvgIpc) is 3.85. The van der Waals surface area contributed by atoms with Crippen molar-refractivity contribution >= 4 is 110 Å². The van der Waals surface area contributed by atoms with Crippen molar-refractivity contribution in [3.63, 3.8) is 0 Å². The molecule has 0 spiro atoms. The third-order valence-corrected chi connectivity index (χ3v) is 11.6. The van der Waals surface area contributed by atoms with Crippen LogP contribution in [0.2, 0.25) is 0 Å². The molecule has 8 aromatic carbocycles. The molecule has 3 heterocycles. The maximum Gasteiger partial charge on any atom is 0.164 e. The fourth-order valence-corrected chi connectivity index (χ4v) is 8.40. The molecule has 0 fully saturated rings. The normalized spacial score (nSPS) is 11.6. The van der Waals surface area contributed by atoms with Crippen LogP contribution in [0.5, 0.6) is 0 Å². The average molecular weight is 766 g/mol. The highest BCUT2D eigenvalue weighted by atomic mass is 16.3. The third kappa shape index (κ3) is 6.12. The molecule has 0 aliphatic rings. The largest absolute Gasteiger partial charge is 0.456 e. The first kappa shape index (κ1) is 36.8. The SMILES string of the molecule is [B]c1c([B])c([B])c(-c2ccc(-c3nc(-c4ccccc4)nc(-c4ccc5c(c4)oc4ccc(-n6c7ccccc7c7ccc(-c8ccccc8)cc76)cc45)n3)cc2)c([B])c1[B]. The molecule has 11 rings (SSSR count). The zero-order valence-electron chi connectivity index (χ0n) is 32.7. The fourth-order valence-electron chi connectivity index (χ4n) is 8.40. The predicted molar refractivity (Wildman–Crippen MR) is 256 cm³/mol. The first-order valence-corrected chi connectivity index (χ1v) is 19.8. The zero-order valence-corrected chi connectivity index (χ0v) is 32.7. The van der Waals surface area contributed by atoms with Crippen LogP contribution in [0.4, 0.5) is 0 Å². The molecule has 0 saturated carbocycles. The Balaban J connectivity index is 1.01. The van der Waals surface area contributed by atoms with E-state index in [4.69, 9.17) is 58.6 Å². The number of benzene rings is 8. The zero-order chi connectivity index (χ0) is 41.4. The summed E-state index contributed by atoms with van der Waals surface area (Å²) in [6.45, 7) is 0. The molecule has 0 saturated heterocycles. The second-order valence-electron chi connectivity index (χ2n) is 15.1. The Bertz CT molecular complexity index is 3500. The Morgan fingerprint density at radius 1 is 0.344 bits per heavy atom. The monoisotopic (exact) mass is 766 g/mol. The van der Waals surface area contributed by atoms with Gasteiger partial charge in [-0.2, -0.15) is 0 Å². The van der Waals surface area contributed by atoms with E-state index in [0.29, 0.717) is 23.0 Å². The smallest absolute Gasteiger partial charge is 0.164 e. The molecular weight excluding hydrogens is 739 g/mol. The second kappa shape index (κ2) is 14.5. The topological polar surface area (TPSA) is 56.7 Å². The number of hydrogen-bond donors (Lipinski definition) is 0. The van der Waals surface area contributed by atoms with Crippen LogP contribution < -0.4 is 27.3 Å². The lowest BCUT2D eigenvalue weighted by Crippen LogP contribution is -2.55. The number of aromatic nitrogens is 4. The first-order chi connectivity index (χ1) is 29.8. The summed E-state index contributed by atoms with van der Waals surface area (Å²) in [5.74, 6) is 1.53. The number of hydrogen-bond acceptors (Lipinski definition) is 4. The van der Waals surface area contributed by atoms with Gasteiger partial charge in [-0.15, -0.1) is 16.4 Å². The Labute approximate surface area is 358 Å². The number of fused-ring (bicyclic) bond motifs is 6. The highest BCUT2D eigenvalue weighted by Crippen LogP contribution is 2.38. The van der Waals surface area contributed by atoms with E-state index in [1.807, 2.05) is 72.8 Å². The Kier molecular flexibility index (Phi) is 8.71. The van der Waals surface area contributed by atoms with E-state index in [2.05, 4.69) is 95.6 Å². The van der Waals surface area contributed by atoms with Crippen LogP contribution >= 0.6 is 0 Å². The summed E-state index contributed by atoms with van der Waals surface area (Å²) in [7, 11) is 31.1. The van der Waals surface area contributed by atoms with Gasteiger partial charge in [-0.05, 0) is 64.7 Å². The molecule has 10 radical (unpaired) electrons. The molecule has 5 nitrogen and oxygen atoms in total. The van der Waals surface area contributed by atoms with Gasteiger partial charge in [-0.1, -0.05) is 132 Å². The standard InChI is InChI=1S/C51H27B5N4O/c52-44-43(45(53)47(55)48(56)46(44)54)29-15-17-31(18-16-29)50-57-49(30-11-5-2-6-12-30)58-51(59-50)33-20-23-37-38-27-34(21-24-41(38)61-42(37)26-33)60-39-14-8-7-13-35(39)36-22-19-32(25-40(36)60)28-9-3-1-4-10-28/h1-27H. The van der Waals surface area contributed by atoms with E-state index in [-0.39, 0.29) is 27.3 Å². The predicted octanol–water partition coefficient (Wildman–Crippen LogP) is 7.17. The number of rotatable bonds is 6. The van der Waals surface area contributed by atoms with Gasteiger partial charge in [0.1, 0.15) is 50.4 Å². The van der Waals surface area contributed by atoms with Crippen LogP contribution in [0.1, 0.15) is 0 Å². The van der Waals surface area contributed by atoms with Crippen molar-refractivity contribution in [2.45, 2.75) is 0 Å². The summed E-state index contributed by atoms with van der Waals surface area (Å²) in [4.78, 5) is 14.9. The van der Waals surface area contributed by atoms with Crippen molar-refractivity contribution in [2.75, 3.05) is 0 Å². The lowest BCUT2D eigenvalue weighted by Gasteiger charge is -2.21. The van der Waals surface area contributed by atoms with Gasteiger partial charge < -0.3 is 8.98 Å². The maximum absolute atomic E-state index is 6.54. The van der Waals surface area contributed by atoms with Gasteiger partial charge in [0.15, 0.2) is 17.5 Å². The molecule has 0 aliphatic heterocycles. The number of furan rings is 1. The van der Waals surface area contributed by atoms with Crippen molar-refractivity contribution in [3.05, 3.63) is 164 Å². The van der Waals surface area contributed by atoms with Crippen LogP contribution in [0, 0.1) is 0 Å². The summed E-state index contributed by atoms with van der Waals surface area (Å²) in [5, 5.41) is 4.40. The summed E-state index contributed by atoms with van der Waals surface area (Å²) in [5.41, 5.74) is 11.9. The number of para-hydroxylation sites is 1. The van der Waals surface area contributed by atoms with Gasteiger partial charge in [-0.25, -0.2) is 15.0 Å². The Morgan fingerprint density at radius 2 is 0.869 bits per heavy atom. The maximum atomic E-state index is 6.54. The third-order valence-electron chi connectivity index (χ3n) is 11.6. The van der Waals surface area contributed by atoms with Crippen LogP contribution in [0.15, 0.2) is 168 Å². The minimum Gasteiger partial charge on any atom is -0.456 e. The lowest BCUT2D eigenvalue weighted by molar-refractivity contribution is 0.669. The van der Waals surface area contributed by atoms with Gasteiger partial charge in [0.05, 0.1) is 11.0 Å². The molecule has 0 atom stereocenters. The quantitative estimate of drug-likeness (QED) is 0.169. The number of nitrogens with zero attached hydrogens (tertiary/aromatic N) is 4. The van der Waals surface area contributed by atoms with Gasteiger partial charge in [0, 0.05) is 43.9 Å². The van der Waals surface area contributed by atoms with E-state index < -0.39 is 0 Å². The summed E-state index contributed by atoms with van der Waals surface area (Å²) >= 11 is 0. The minimum atomic E-state index is 0.171. The highest BCUT2D eigenvalue weighted by molar-refractivity contribution is 6.68. The molecule has 0 aliphatic carbocycles. The molecule has 11 aromatic rings. The highest BCUT2D eigenvalue weighted by Gasteiger charge is 2.19. The van der Waals surface area contributed by atoms with E-state index in [9.17, 15) is 0 Å². The lowest BCUT2D eigenvalue weighted by atomic mass is 9.59. The van der Waals surface area contributed by atoms with Gasteiger partial charge in [0.2, 0.25) is 0 Å². The molecule has 61 heavy (non-hydrogen) atoms. The van der Waals surface area contributed by atoms with Crippen LogP contribution in [-0.2, 0) is 0 Å². The van der Waals surface area contributed by atoms with E-state index in [1.165, 1.54) is 21.9 Å². The van der Waals surface area contributed by atoms with Gasteiger partial charge >= 0.3 is 0 Å².